The Balaban J connectivity index is 1.39. The number of aliphatic hydroxyl groups excluding tert-OH is 1. The van der Waals surface area contributed by atoms with Gasteiger partial charge in [0.2, 0.25) is 0 Å². The quantitative estimate of drug-likeness (QED) is 0.495. The molecule has 2 heterocycles. The average molecular weight is 484 g/mol. The molecule has 1 saturated heterocycles. The van der Waals surface area contributed by atoms with Crippen molar-refractivity contribution in [2.45, 2.75) is 25.4 Å². The van der Waals surface area contributed by atoms with Gasteiger partial charge in [-0.05, 0) is 47.9 Å². The van der Waals surface area contributed by atoms with E-state index in [4.69, 9.17) is 4.74 Å². The zero-order valence-corrected chi connectivity index (χ0v) is 19.7. The molecule has 2 aliphatic heterocycles. The predicted molar refractivity (Wildman–Crippen MR) is 133 cm³/mol. The number of benzene rings is 2. The van der Waals surface area contributed by atoms with E-state index in [1.54, 1.807) is 24.3 Å². The molecule has 8 nitrogen and oxygen atoms in total. The SMILES string of the molecule is O=C(O)CC1Cc2cc(NC(=O)c3ccc(C=NN4CCSCC4)cc3)ccc2OC1CCO. The van der Waals surface area contributed by atoms with Gasteiger partial charge in [0.1, 0.15) is 11.9 Å². The first kappa shape index (κ1) is 24.1. The zero-order valence-electron chi connectivity index (χ0n) is 18.9. The summed E-state index contributed by atoms with van der Waals surface area (Å²) in [4.78, 5) is 24.0. The van der Waals surface area contributed by atoms with Crippen LogP contribution in [0.2, 0.25) is 0 Å². The fourth-order valence-corrected chi connectivity index (χ4v) is 5.08. The molecule has 0 bridgehead atoms. The minimum Gasteiger partial charge on any atom is -0.490 e. The number of carboxylic acid groups (broad SMARTS) is 1. The van der Waals surface area contributed by atoms with Crippen molar-refractivity contribution in [3.63, 3.8) is 0 Å². The molecule has 0 radical (unpaired) electrons. The molecule has 1 amide bonds. The second-order valence-corrected chi connectivity index (χ2v) is 9.66. The van der Waals surface area contributed by atoms with Crippen LogP contribution in [0.3, 0.4) is 0 Å². The molecule has 0 spiro atoms. The third-order valence-electron chi connectivity index (χ3n) is 5.99. The van der Waals surface area contributed by atoms with E-state index >= 15 is 0 Å². The van der Waals surface area contributed by atoms with Crippen molar-refractivity contribution >= 4 is 35.5 Å². The van der Waals surface area contributed by atoms with E-state index < -0.39 is 5.97 Å². The Hall–Kier alpha value is -3.04. The number of hydrazone groups is 1. The second-order valence-electron chi connectivity index (χ2n) is 8.44. The van der Waals surface area contributed by atoms with Gasteiger partial charge >= 0.3 is 5.97 Å². The van der Waals surface area contributed by atoms with Gasteiger partial charge in [-0.15, -0.1) is 0 Å². The van der Waals surface area contributed by atoms with E-state index in [1.165, 1.54) is 0 Å². The molecular formula is C25H29N3O5S. The van der Waals surface area contributed by atoms with Gasteiger partial charge in [-0.25, -0.2) is 0 Å². The van der Waals surface area contributed by atoms with Crippen LogP contribution in [0, 0.1) is 5.92 Å². The Kier molecular flexibility index (Phi) is 8.08. The maximum Gasteiger partial charge on any atom is 0.303 e. The van der Waals surface area contributed by atoms with E-state index in [9.17, 15) is 19.8 Å². The molecule has 2 aliphatic rings. The Bertz CT molecular complexity index is 1040. The largest absolute Gasteiger partial charge is 0.490 e. The summed E-state index contributed by atoms with van der Waals surface area (Å²) in [5, 5.41) is 28.0. The number of nitrogens with zero attached hydrogens (tertiary/aromatic N) is 2. The molecule has 2 aromatic carbocycles. The molecule has 180 valence electrons. The second kappa shape index (κ2) is 11.4. The lowest BCUT2D eigenvalue weighted by molar-refractivity contribution is -0.139. The Morgan fingerprint density at radius 1 is 1.18 bits per heavy atom. The summed E-state index contributed by atoms with van der Waals surface area (Å²) in [6.45, 7) is 1.84. The van der Waals surface area contributed by atoms with Crippen LogP contribution in [0.5, 0.6) is 5.75 Å². The summed E-state index contributed by atoms with van der Waals surface area (Å²) >= 11 is 1.94. The number of rotatable bonds is 8. The number of carbonyl (C=O) groups excluding carboxylic acids is 1. The molecule has 34 heavy (non-hydrogen) atoms. The summed E-state index contributed by atoms with van der Waals surface area (Å²) in [7, 11) is 0. The third kappa shape index (κ3) is 6.30. The summed E-state index contributed by atoms with van der Waals surface area (Å²) in [5.41, 5.74) is 2.94. The van der Waals surface area contributed by atoms with Crippen LogP contribution >= 0.6 is 11.8 Å². The summed E-state index contributed by atoms with van der Waals surface area (Å²) in [6.07, 6.45) is 2.34. The highest BCUT2D eigenvalue weighted by atomic mass is 32.2. The van der Waals surface area contributed by atoms with E-state index in [0.717, 1.165) is 35.7 Å². The number of hydrogen-bond donors (Lipinski definition) is 3. The van der Waals surface area contributed by atoms with Crippen LogP contribution in [0.4, 0.5) is 5.69 Å². The fraction of sp³-hybridized carbons (Fsp3) is 0.400. The summed E-state index contributed by atoms with van der Waals surface area (Å²) in [5.74, 6) is 1.49. The topological polar surface area (TPSA) is 111 Å². The lowest BCUT2D eigenvalue weighted by Crippen LogP contribution is -2.35. The van der Waals surface area contributed by atoms with E-state index in [-0.39, 0.29) is 31.0 Å². The molecule has 3 N–H and O–H groups in total. The molecule has 9 heteroatoms. The highest BCUT2D eigenvalue weighted by Crippen LogP contribution is 2.35. The number of carboxylic acids is 1. The number of nitrogens with one attached hydrogen (secondary N) is 1. The maximum atomic E-state index is 12.8. The van der Waals surface area contributed by atoms with Crippen molar-refractivity contribution < 1.29 is 24.5 Å². The van der Waals surface area contributed by atoms with Gasteiger partial charge in [-0.2, -0.15) is 16.9 Å². The first-order valence-electron chi connectivity index (χ1n) is 11.4. The molecule has 2 atom stereocenters. The molecule has 4 rings (SSSR count). The minimum atomic E-state index is -0.895. The van der Waals surface area contributed by atoms with Crippen molar-refractivity contribution in [3.05, 3.63) is 59.2 Å². The van der Waals surface area contributed by atoms with Crippen LogP contribution in [0.25, 0.3) is 0 Å². The number of hydrogen-bond acceptors (Lipinski definition) is 7. The molecule has 0 aromatic heterocycles. The normalized spacial score (nSPS) is 20.0. The van der Waals surface area contributed by atoms with Crippen LogP contribution < -0.4 is 10.1 Å². The van der Waals surface area contributed by atoms with E-state index in [2.05, 4.69) is 15.4 Å². The zero-order chi connectivity index (χ0) is 23.9. The van der Waals surface area contributed by atoms with Crippen LogP contribution in [-0.2, 0) is 11.2 Å². The van der Waals surface area contributed by atoms with Gasteiger partial charge in [0, 0.05) is 54.8 Å². The van der Waals surface area contributed by atoms with Gasteiger partial charge < -0.3 is 20.3 Å². The number of amides is 1. The van der Waals surface area contributed by atoms with E-state index in [1.807, 2.05) is 36.2 Å². The molecule has 0 aliphatic carbocycles. The minimum absolute atomic E-state index is 0.0347. The summed E-state index contributed by atoms with van der Waals surface area (Å²) < 4.78 is 5.96. The summed E-state index contributed by atoms with van der Waals surface area (Å²) in [6, 6.07) is 12.7. The number of aliphatic carboxylic acids is 1. The number of ether oxygens (including phenoxy) is 1. The molecule has 0 saturated carbocycles. The van der Waals surface area contributed by atoms with Crippen molar-refractivity contribution in [1.82, 2.24) is 5.01 Å². The predicted octanol–water partition coefficient (Wildman–Crippen LogP) is 3.10. The highest BCUT2D eigenvalue weighted by Gasteiger charge is 2.31. The van der Waals surface area contributed by atoms with Crippen molar-refractivity contribution in [1.29, 1.82) is 0 Å². The average Bonchev–Trinajstić information content (AvgIpc) is 2.84. The maximum absolute atomic E-state index is 12.8. The molecule has 2 unspecified atom stereocenters. The van der Waals surface area contributed by atoms with Gasteiger partial charge in [-0.3, -0.25) is 14.6 Å². The Labute approximate surface area is 203 Å². The smallest absolute Gasteiger partial charge is 0.303 e. The van der Waals surface area contributed by atoms with Gasteiger partial charge in [0.05, 0.1) is 12.6 Å². The first-order chi connectivity index (χ1) is 16.5. The van der Waals surface area contributed by atoms with Gasteiger partial charge in [0.25, 0.3) is 5.91 Å². The highest BCUT2D eigenvalue weighted by molar-refractivity contribution is 7.99. The van der Waals surface area contributed by atoms with Crippen LogP contribution in [0.15, 0.2) is 47.6 Å². The molecule has 1 fully saturated rings. The monoisotopic (exact) mass is 483 g/mol. The number of thioether (sulfide) groups is 1. The number of carbonyl (C=O) groups is 2. The number of anilines is 1. The van der Waals surface area contributed by atoms with Gasteiger partial charge in [-0.1, -0.05) is 12.1 Å². The van der Waals surface area contributed by atoms with Crippen molar-refractivity contribution in [3.8, 4) is 5.75 Å². The van der Waals surface area contributed by atoms with E-state index in [0.29, 0.717) is 29.8 Å². The fourth-order valence-electron chi connectivity index (χ4n) is 4.20. The molecule has 2 aromatic rings. The first-order valence-corrected chi connectivity index (χ1v) is 12.6. The lowest BCUT2D eigenvalue weighted by atomic mass is 9.86. The van der Waals surface area contributed by atoms with Gasteiger partial charge in [0.15, 0.2) is 0 Å². The van der Waals surface area contributed by atoms with Crippen LogP contribution in [-0.4, -0.2) is 70.6 Å². The lowest BCUT2D eigenvalue weighted by Gasteiger charge is -2.33. The number of fused-ring (bicyclic) bond motifs is 1. The van der Waals surface area contributed by atoms with Crippen LogP contribution in [0.1, 0.15) is 34.3 Å². The Morgan fingerprint density at radius 3 is 2.65 bits per heavy atom. The molecular weight excluding hydrogens is 454 g/mol. The third-order valence-corrected chi connectivity index (χ3v) is 6.93. The Morgan fingerprint density at radius 2 is 1.94 bits per heavy atom. The van der Waals surface area contributed by atoms with Crippen molar-refractivity contribution in [2.24, 2.45) is 11.0 Å². The van der Waals surface area contributed by atoms with Crippen molar-refractivity contribution in [2.75, 3.05) is 36.5 Å². The standard InChI is InChI=1S/C25H29N3O5S/c29-10-7-23-20(15-24(30)31)13-19-14-21(5-6-22(19)33-23)27-25(32)18-3-1-17(2-4-18)16-26-28-8-11-34-12-9-28/h1-6,14,16,20,23,29H,7-13,15H2,(H,27,32)(H,30,31). The number of aliphatic hydroxyl groups is 1.